The molecular formula is C39H59N13O13. The van der Waals surface area contributed by atoms with Gasteiger partial charge in [-0.25, -0.2) is 0 Å². The first-order chi connectivity index (χ1) is 30.5. The fourth-order valence-electron chi connectivity index (χ4n) is 6.18. The Morgan fingerprint density at radius 3 is 2.00 bits per heavy atom. The van der Waals surface area contributed by atoms with Crippen LogP contribution in [0.5, 0.6) is 5.75 Å². The third-order valence-corrected chi connectivity index (χ3v) is 9.97. The van der Waals surface area contributed by atoms with Gasteiger partial charge in [0, 0.05) is 32.9 Å². The van der Waals surface area contributed by atoms with Crippen molar-refractivity contribution in [3.05, 3.63) is 29.8 Å². The van der Waals surface area contributed by atoms with Gasteiger partial charge >= 0.3 is 0 Å². The van der Waals surface area contributed by atoms with Crippen molar-refractivity contribution in [1.29, 1.82) is 0 Å². The maximum atomic E-state index is 13.9. The Balaban J connectivity index is 2.58. The molecule has 358 valence electrons. The molecule has 1 aliphatic heterocycles. The maximum Gasteiger partial charge on any atom is 0.245 e. The van der Waals surface area contributed by atoms with Crippen LogP contribution in [0.15, 0.2) is 24.3 Å². The third-order valence-electron chi connectivity index (χ3n) is 9.97. The zero-order valence-corrected chi connectivity index (χ0v) is 36.2. The van der Waals surface area contributed by atoms with Crippen LogP contribution < -0.4 is 65.5 Å². The number of primary amides is 3. The summed E-state index contributed by atoms with van der Waals surface area (Å²) in [5, 5.41) is 28.8. The number of hydrogen-bond acceptors (Lipinski definition) is 14. The number of carbonyl (C=O) groups is 12. The first kappa shape index (κ1) is 53.8. The number of benzene rings is 1. The smallest absolute Gasteiger partial charge is 0.245 e. The Kier molecular flexibility index (Phi) is 21.7. The van der Waals surface area contributed by atoms with Gasteiger partial charge in [0.2, 0.25) is 70.9 Å². The van der Waals surface area contributed by atoms with E-state index in [1.807, 2.05) is 0 Å². The molecule has 2 rings (SSSR count). The van der Waals surface area contributed by atoms with Gasteiger partial charge in [-0.1, -0.05) is 32.4 Å². The molecule has 26 heteroatoms. The molecule has 0 aliphatic carbocycles. The molecule has 0 unspecified atom stereocenters. The highest BCUT2D eigenvalue weighted by molar-refractivity contribution is 5.99. The molecule has 1 aliphatic rings. The van der Waals surface area contributed by atoms with Gasteiger partial charge in [-0.15, -0.1) is 0 Å². The van der Waals surface area contributed by atoms with E-state index in [1.165, 1.54) is 24.3 Å². The Hall–Kier alpha value is -7.38. The van der Waals surface area contributed by atoms with E-state index in [1.54, 1.807) is 13.8 Å². The summed E-state index contributed by atoms with van der Waals surface area (Å²) >= 11 is 0. The number of rotatable bonds is 17. The molecule has 17 N–H and O–H groups in total. The average molecular weight is 918 g/mol. The Morgan fingerprint density at radius 2 is 1.42 bits per heavy atom. The van der Waals surface area contributed by atoms with E-state index in [4.69, 9.17) is 22.9 Å². The van der Waals surface area contributed by atoms with Crippen LogP contribution in [-0.4, -0.2) is 150 Å². The first-order valence-corrected chi connectivity index (χ1v) is 20.5. The zero-order valence-electron chi connectivity index (χ0n) is 36.2. The minimum absolute atomic E-state index is 0.0764. The number of nitrogens with two attached hydrogens (primary N) is 4. The highest BCUT2D eigenvalue weighted by Crippen LogP contribution is 2.14. The van der Waals surface area contributed by atoms with E-state index >= 15 is 0 Å². The van der Waals surface area contributed by atoms with Crippen LogP contribution >= 0.6 is 0 Å². The topological polar surface area (TPSA) is 429 Å². The van der Waals surface area contributed by atoms with Crippen molar-refractivity contribution in [2.75, 3.05) is 33.2 Å². The van der Waals surface area contributed by atoms with Crippen molar-refractivity contribution in [1.82, 2.24) is 47.4 Å². The average Bonchev–Trinajstić information content (AvgIpc) is 3.24. The second kappa shape index (κ2) is 26.3. The lowest BCUT2D eigenvalue weighted by atomic mass is 9.96. The normalized spacial score (nSPS) is 21.3. The van der Waals surface area contributed by atoms with Gasteiger partial charge in [-0.05, 0) is 36.5 Å². The summed E-state index contributed by atoms with van der Waals surface area (Å²) in [6, 6.07) is -3.55. The number of carbonyl (C=O) groups excluding carboxylic acids is 12. The quantitative estimate of drug-likeness (QED) is 0.0691. The second-order valence-corrected chi connectivity index (χ2v) is 15.3. The van der Waals surface area contributed by atoms with Crippen molar-refractivity contribution in [3.63, 3.8) is 0 Å². The lowest BCUT2D eigenvalue weighted by Gasteiger charge is -2.29. The highest BCUT2D eigenvalue weighted by Gasteiger charge is 2.36. The standard InChI is InChI=1S/C39H59N13O13/c1-4-19(2)33-38(64)48-22(9-11-27(41)54)35(61)50-25(14-28(42)55)36(62)49-23(39(65)52(3)18-32(59)47-26(15-40)34(60)45-16-29(43)56)10-12-30(57)44-17-31(58)46-24(37(63)51-33)13-20-5-7-21(53)8-6-20/h5-8,19,22-26,33,53H,4,9-18,40H2,1-3H3,(H2,41,54)(H2,42,55)(H2,43,56)(H,44,57)(H,45,60)(H,46,58)(H,47,59)(H,48,64)(H,49,62)(H,50,61)(H,51,63)/t19-,22-,23-,24-,25-,26-,33-/m0/s1. The molecule has 0 aromatic heterocycles. The number of amides is 12. The predicted molar refractivity (Wildman–Crippen MR) is 226 cm³/mol. The number of nitrogens with one attached hydrogen (secondary N) is 8. The van der Waals surface area contributed by atoms with Gasteiger partial charge in [0.05, 0.1) is 26.1 Å². The molecule has 1 aromatic rings. The Bertz CT molecular complexity index is 1950. The highest BCUT2D eigenvalue weighted by atomic mass is 16.3. The van der Waals surface area contributed by atoms with Crippen LogP contribution in [0.3, 0.4) is 0 Å². The van der Waals surface area contributed by atoms with E-state index in [2.05, 4.69) is 42.5 Å². The molecule has 0 saturated carbocycles. The van der Waals surface area contributed by atoms with Crippen molar-refractivity contribution < 1.29 is 62.6 Å². The van der Waals surface area contributed by atoms with E-state index in [0.29, 0.717) is 12.0 Å². The van der Waals surface area contributed by atoms with Crippen LogP contribution in [0.2, 0.25) is 0 Å². The summed E-state index contributed by atoms with van der Waals surface area (Å²) in [7, 11) is 1.13. The van der Waals surface area contributed by atoms with Crippen molar-refractivity contribution in [2.24, 2.45) is 28.9 Å². The largest absolute Gasteiger partial charge is 0.508 e. The fourth-order valence-corrected chi connectivity index (χ4v) is 6.18. The van der Waals surface area contributed by atoms with Gasteiger partial charge in [-0.2, -0.15) is 0 Å². The summed E-state index contributed by atoms with van der Waals surface area (Å²) in [6.07, 6.45) is -2.68. The number of hydrogen-bond donors (Lipinski definition) is 13. The molecule has 7 atom stereocenters. The summed E-state index contributed by atoms with van der Waals surface area (Å²) < 4.78 is 0. The molecule has 0 radical (unpaired) electrons. The molecular weight excluding hydrogens is 859 g/mol. The minimum atomic E-state index is -1.84. The van der Waals surface area contributed by atoms with Crippen LogP contribution in [-0.2, 0) is 64.0 Å². The summed E-state index contributed by atoms with van der Waals surface area (Å²) in [5.41, 5.74) is 21.8. The van der Waals surface area contributed by atoms with Gasteiger partial charge in [-0.3, -0.25) is 57.5 Å². The van der Waals surface area contributed by atoms with E-state index < -0.39 is 171 Å². The zero-order chi connectivity index (χ0) is 49.0. The molecule has 1 heterocycles. The van der Waals surface area contributed by atoms with Crippen molar-refractivity contribution in [2.45, 2.75) is 95.0 Å². The van der Waals surface area contributed by atoms with Gasteiger partial charge in [0.25, 0.3) is 0 Å². The predicted octanol–water partition coefficient (Wildman–Crippen LogP) is -7.04. The number of nitrogens with zero attached hydrogens (tertiary/aromatic N) is 1. The summed E-state index contributed by atoms with van der Waals surface area (Å²) in [4.78, 5) is 157. The second-order valence-electron chi connectivity index (χ2n) is 15.3. The molecule has 1 fully saturated rings. The fraction of sp³-hybridized carbons (Fsp3) is 0.538. The number of phenolic OH excluding ortho intramolecular Hbond substituents is 1. The van der Waals surface area contributed by atoms with E-state index in [0.717, 1.165) is 11.9 Å². The van der Waals surface area contributed by atoms with Crippen molar-refractivity contribution >= 4 is 70.9 Å². The molecule has 0 bridgehead atoms. The van der Waals surface area contributed by atoms with Crippen LogP contribution in [0.25, 0.3) is 0 Å². The molecule has 1 saturated heterocycles. The van der Waals surface area contributed by atoms with Gasteiger partial charge < -0.3 is 75.5 Å². The van der Waals surface area contributed by atoms with Crippen LogP contribution in [0, 0.1) is 5.92 Å². The number of likely N-dealkylation sites (N-methyl/N-ethyl adjacent to an activating group) is 1. The van der Waals surface area contributed by atoms with Crippen LogP contribution in [0.1, 0.15) is 57.9 Å². The molecule has 65 heavy (non-hydrogen) atoms. The van der Waals surface area contributed by atoms with Crippen LogP contribution in [0.4, 0.5) is 0 Å². The third kappa shape index (κ3) is 18.9. The number of phenols is 1. The van der Waals surface area contributed by atoms with E-state index in [-0.39, 0.29) is 12.2 Å². The van der Waals surface area contributed by atoms with E-state index in [9.17, 15) is 62.6 Å². The van der Waals surface area contributed by atoms with Gasteiger partial charge in [0.1, 0.15) is 42.0 Å². The maximum absolute atomic E-state index is 13.9. The molecule has 12 amide bonds. The molecule has 26 nitrogen and oxygen atoms in total. The minimum Gasteiger partial charge on any atom is -0.508 e. The Morgan fingerprint density at radius 1 is 0.800 bits per heavy atom. The number of aromatic hydroxyl groups is 1. The van der Waals surface area contributed by atoms with Crippen molar-refractivity contribution in [3.8, 4) is 5.75 Å². The lowest BCUT2D eigenvalue weighted by Crippen LogP contribution is -2.61. The monoisotopic (exact) mass is 917 g/mol. The van der Waals surface area contributed by atoms with Gasteiger partial charge in [0.15, 0.2) is 0 Å². The first-order valence-electron chi connectivity index (χ1n) is 20.5. The Labute approximate surface area is 373 Å². The summed E-state index contributed by atoms with van der Waals surface area (Å²) in [5.74, 6) is -12.1. The molecule has 0 spiro atoms. The SMILES string of the molecule is CC[C@H](C)[C@@H]1NC(=O)[C@H](Cc2ccc(O)cc2)NC(=O)CNC(=O)CC[C@@H](C(=O)N(C)CC(=O)N[C@@H](CN)C(=O)NCC(N)=O)NC(=O)[C@H](CC(N)=O)NC(=O)[C@H](CCC(N)=O)NC1=O. The lowest BCUT2D eigenvalue weighted by molar-refractivity contribution is -0.140. The molecule has 1 aromatic carbocycles. The summed E-state index contributed by atoms with van der Waals surface area (Å²) in [6.45, 7) is 0.898.